The van der Waals surface area contributed by atoms with Crippen LogP contribution in [0.1, 0.15) is 37.0 Å². The van der Waals surface area contributed by atoms with Gasteiger partial charge in [-0.25, -0.2) is 0 Å². The number of hydrogen-bond donors (Lipinski definition) is 1. The maximum absolute atomic E-state index is 13.6. The Morgan fingerprint density at radius 3 is 2.20 bits per heavy atom. The quantitative estimate of drug-likeness (QED) is 0.324. The number of nitrogens with zero attached hydrogens (tertiary/aromatic N) is 1. The largest absolute Gasteiger partial charge is 0.354 e. The smallest absolute Gasteiger partial charge is 0.243 e. The van der Waals surface area contributed by atoms with Gasteiger partial charge in [0, 0.05) is 36.6 Å². The van der Waals surface area contributed by atoms with Crippen LogP contribution in [0.3, 0.4) is 0 Å². The predicted octanol–water partition coefficient (Wildman–Crippen LogP) is 5.89. The molecule has 3 aromatic carbocycles. The summed E-state index contributed by atoms with van der Waals surface area (Å²) in [6, 6.07) is 27.6. The first kappa shape index (κ1) is 26.6. The summed E-state index contributed by atoms with van der Waals surface area (Å²) >= 11 is 1.67. The molecule has 1 N–H and O–H groups in total. The molecular weight excluding hydrogens is 452 g/mol. The van der Waals surface area contributed by atoms with Crippen LogP contribution in [0.15, 0.2) is 89.8 Å². The fourth-order valence-electron chi connectivity index (χ4n) is 3.90. The standard InChI is InChI=1S/C30H36N2O2S/c1-23(2)21-31-30(34)28(20-25-12-6-4-7-13-25)32(22-26-14-10-11-24(3)19-26)29(33)17-18-35-27-15-8-5-9-16-27/h4-16,19,23,28H,17-18,20-22H2,1-3H3,(H,31,34)/t28-/m1/s1. The summed E-state index contributed by atoms with van der Waals surface area (Å²) in [4.78, 5) is 30.0. The Labute approximate surface area is 214 Å². The molecule has 0 spiro atoms. The molecule has 0 heterocycles. The van der Waals surface area contributed by atoms with Gasteiger partial charge < -0.3 is 10.2 Å². The normalized spacial score (nSPS) is 11.8. The van der Waals surface area contributed by atoms with E-state index in [1.165, 1.54) is 0 Å². The van der Waals surface area contributed by atoms with Crippen molar-refractivity contribution in [3.63, 3.8) is 0 Å². The molecule has 0 aromatic heterocycles. The molecule has 3 rings (SSSR count). The van der Waals surface area contributed by atoms with E-state index in [-0.39, 0.29) is 11.8 Å². The van der Waals surface area contributed by atoms with Crippen LogP contribution in [0, 0.1) is 12.8 Å². The molecule has 2 amide bonds. The second-order valence-electron chi connectivity index (χ2n) is 9.27. The summed E-state index contributed by atoms with van der Waals surface area (Å²) in [5, 5.41) is 3.08. The molecule has 0 fully saturated rings. The number of hydrogen-bond acceptors (Lipinski definition) is 3. The molecule has 0 aliphatic heterocycles. The number of rotatable bonds is 12. The third-order valence-corrected chi connectivity index (χ3v) is 6.73. The van der Waals surface area contributed by atoms with Crippen molar-refractivity contribution in [2.45, 2.75) is 51.1 Å². The van der Waals surface area contributed by atoms with Gasteiger partial charge in [0.1, 0.15) is 6.04 Å². The van der Waals surface area contributed by atoms with Gasteiger partial charge in [-0.1, -0.05) is 92.2 Å². The van der Waals surface area contributed by atoms with Crippen LogP contribution >= 0.6 is 11.8 Å². The van der Waals surface area contributed by atoms with Gasteiger partial charge in [0.05, 0.1) is 0 Å². The van der Waals surface area contributed by atoms with Crippen LogP contribution in [0.25, 0.3) is 0 Å². The Morgan fingerprint density at radius 2 is 1.54 bits per heavy atom. The highest BCUT2D eigenvalue weighted by Crippen LogP contribution is 2.21. The first-order valence-corrected chi connectivity index (χ1v) is 13.3. The molecule has 0 radical (unpaired) electrons. The lowest BCUT2D eigenvalue weighted by molar-refractivity contribution is -0.141. The fraction of sp³-hybridized carbons (Fsp3) is 0.333. The molecular formula is C30H36N2O2S. The molecule has 0 saturated heterocycles. The van der Waals surface area contributed by atoms with Crippen LogP contribution in [-0.4, -0.2) is 35.1 Å². The predicted molar refractivity (Wildman–Crippen MR) is 145 cm³/mol. The van der Waals surface area contributed by atoms with Crippen molar-refractivity contribution in [2.75, 3.05) is 12.3 Å². The number of aryl methyl sites for hydroxylation is 1. The minimum Gasteiger partial charge on any atom is -0.354 e. The lowest BCUT2D eigenvalue weighted by Crippen LogP contribution is -2.51. The van der Waals surface area contributed by atoms with E-state index < -0.39 is 6.04 Å². The average molecular weight is 489 g/mol. The molecule has 1 atom stereocenters. The average Bonchev–Trinajstić information content (AvgIpc) is 2.86. The van der Waals surface area contributed by atoms with E-state index in [0.29, 0.717) is 37.6 Å². The van der Waals surface area contributed by atoms with Crippen molar-refractivity contribution in [3.8, 4) is 0 Å². The van der Waals surface area contributed by atoms with E-state index in [2.05, 4.69) is 37.4 Å². The Bertz CT molecular complexity index is 1070. The highest BCUT2D eigenvalue weighted by atomic mass is 32.2. The van der Waals surface area contributed by atoms with Crippen molar-refractivity contribution in [1.82, 2.24) is 10.2 Å². The second-order valence-corrected chi connectivity index (χ2v) is 10.4. The molecule has 3 aromatic rings. The summed E-state index contributed by atoms with van der Waals surface area (Å²) in [5.41, 5.74) is 3.21. The lowest BCUT2D eigenvalue weighted by Gasteiger charge is -2.32. The second kappa shape index (κ2) is 13.7. The summed E-state index contributed by atoms with van der Waals surface area (Å²) in [6.07, 6.45) is 0.849. The summed E-state index contributed by atoms with van der Waals surface area (Å²) < 4.78 is 0. The zero-order chi connectivity index (χ0) is 25.0. The van der Waals surface area contributed by atoms with Crippen molar-refractivity contribution >= 4 is 23.6 Å². The fourth-order valence-corrected chi connectivity index (χ4v) is 4.76. The van der Waals surface area contributed by atoms with Gasteiger partial charge in [0.25, 0.3) is 0 Å². The minimum atomic E-state index is -0.578. The topological polar surface area (TPSA) is 49.4 Å². The van der Waals surface area contributed by atoms with Gasteiger partial charge >= 0.3 is 0 Å². The first-order valence-electron chi connectivity index (χ1n) is 12.3. The van der Waals surface area contributed by atoms with E-state index >= 15 is 0 Å². The van der Waals surface area contributed by atoms with E-state index in [1.54, 1.807) is 16.7 Å². The molecule has 35 heavy (non-hydrogen) atoms. The van der Waals surface area contributed by atoms with Gasteiger partial charge in [-0.05, 0) is 36.1 Å². The number of thioether (sulfide) groups is 1. The molecule has 0 aliphatic carbocycles. The highest BCUT2D eigenvalue weighted by molar-refractivity contribution is 7.99. The van der Waals surface area contributed by atoms with Gasteiger partial charge in [-0.3, -0.25) is 9.59 Å². The van der Waals surface area contributed by atoms with Crippen LogP contribution < -0.4 is 5.32 Å². The zero-order valence-electron chi connectivity index (χ0n) is 20.9. The number of nitrogens with one attached hydrogen (secondary N) is 1. The SMILES string of the molecule is Cc1cccc(CN(C(=O)CCSc2ccccc2)[C@H](Cc2ccccc2)C(=O)NCC(C)C)c1. The van der Waals surface area contributed by atoms with Crippen molar-refractivity contribution in [3.05, 3.63) is 102 Å². The Kier molecular flexibility index (Phi) is 10.4. The Morgan fingerprint density at radius 1 is 0.886 bits per heavy atom. The van der Waals surface area contributed by atoms with Gasteiger partial charge in [-0.2, -0.15) is 0 Å². The molecule has 0 saturated carbocycles. The Balaban J connectivity index is 1.84. The maximum atomic E-state index is 13.6. The van der Waals surface area contributed by atoms with Crippen LogP contribution in [0.4, 0.5) is 0 Å². The van der Waals surface area contributed by atoms with Crippen LogP contribution in [-0.2, 0) is 22.6 Å². The number of amides is 2. The Hall–Kier alpha value is -3.05. The number of carbonyl (C=O) groups excluding carboxylic acids is 2. The minimum absolute atomic E-state index is 0.00411. The van der Waals surface area contributed by atoms with Crippen molar-refractivity contribution < 1.29 is 9.59 Å². The highest BCUT2D eigenvalue weighted by Gasteiger charge is 2.30. The van der Waals surface area contributed by atoms with Gasteiger partial charge in [-0.15, -0.1) is 11.8 Å². The molecule has 0 unspecified atom stereocenters. The maximum Gasteiger partial charge on any atom is 0.243 e. The lowest BCUT2D eigenvalue weighted by atomic mass is 10.0. The summed E-state index contributed by atoms with van der Waals surface area (Å²) in [6.45, 7) is 7.18. The van der Waals surface area contributed by atoms with Gasteiger partial charge in [0.15, 0.2) is 0 Å². The molecule has 4 nitrogen and oxygen atoms in total. The van der Waals surface area contributed by atoms with Gasteiger partial charge in [0.2, 0.25) is 11.8 Å². The van der Waals surface area contributed by atoms with E-state index in [1.807, 2.05) is 73.7 Å². The van der Waals surface area contributed by atoms with Crippen LogP contribution in [0.5, 0.6) is 0 Å². The van der Waals surface area contributed by atoms with E-state index in [9.17, 15) is 9.59 Å². The number of benzene rings is 3. The van der Waals surface area contributed by atoms with E-state index in [0.717, 1.165) is 21.6 Å². The third-order valence-electron chi connectivity index (χ3n) is 5.72. The summed E-state index contributed by atoms with van der Waals surface area (Å²) in [7, 11) is 0. The first-order chi connectivity index (χ1) is 16.9. The number of carbonyl (C=O) groups is 2. The van der Waals surface area contributed by atoms with Crippen molar-refractivity contribution in [2.24, 2.45) is 5.92 Å². The zero-order valence-corrected chi connectivity index (χ0v) is 21.8. The molecule has 184 valence electrons. The monoisotopic (exact) mass is 488 g/mol. The van der Waals surface area contributed by atoms with Crippen LogP contribution in [0.2, 0.25) is 0 Å². The molecule has 5 heteroatoms. The van der Waals surface area contributed by atoms with Crippen molar-refractivity contribution in [1.29, 1.82) is 0 Å². The van der Waals surface area contributed by atoms with E-state index in [4.69, 9.17) is 0 Å². The molecule has 0 aliphatic rings. The third kappa shape index (κ3) is 8.91. The summed E-state index contributed by atoms with van der Waals surface area (Å²) in [5.74, 6) is 0.896. The molecule has 0 bridgehead atoms.